The fourth-order valence-electron chi connectivity index (χ4n) is 2.96. The monoisotopic (exact) mass is 303 g/mol. The van der Waals surface area contributed by atoms with E-state index in [9.17, 15) is 4.79 Å². The van der Waals surface area contributed by atoms with Gasteiger partial charge in [-0.1, -0.05) is 44.2 Å². The van der Waals surface area contributed by atoms with Crippen LogP contribution in [0.3, 0.4) is 0 Å². The van der Waals surface area contributed by atoms with Crippen LogP contribution in [0.15, 0.2) is 30.3 Å². The molecule has 1 heterocycles. The average molecular weight is 303 g/mol. The van der Waals surface area contributed by atoms with Crippen LogP contribution in [-0.2, 0) is 11.2 Å². The van der Waals surface area contributed by atoms with E-state index in [1.165, 1.54) is 5.56 Å². The zero-order valence-corrected chi connectivity index (χ0v) is 13.9. The Bertz CT molecular complexity index is 461. The molecule has 0 aromatic heterocycles. The van der Waals surface area contributed by atoms with E-state index < -0.39 is 0 Å². The van der Waals surface area contributed by atoms with Gasteiger partial charge in [0.05, 0.1) is 0 Å². The van der Waals surface area contributed by atoms with Crippen LogP contribution in [0, 0.1) is 5.92 Å². The molecule has 0 saturated carbocycles. The van der Waals surface area contributed by atoms with Crippen LogP contribution >= 0.6 is 0 Å². The lowest BCUT2D eigenvalue weighted by molar-refractivity contribution is -0.123. The van der Waals surface area contributed by atoms with Gasteiger partial charge >= 0.3 is 0 Å². The van der Waals surface area contributed by atoms with Crippen molar-refractivity contribution in [2.24, 2.45) is 5.92 Å². The molecule has 4 heteroatoms. The number of hydrogen-bond acceptors (Lipinski definition) is 3. The first-order valence-corrected chi connectivity index (χ1v) is 8.40. The first kappa shape index (κ1) is 17.0. The fraction of sp³-hybridized carbons (Fsp3) is 0.611. The topological polar surface area (TPSA) is 53.2 Å². The molecule has 1 aliphatic rings. The molecular weight excluding hydrogens is 274 g/mol. The number of hydrogen-bond donors (Lipinski definition) is 3. The Morgan fingerprint density at radius 2 is 1.95 bits per heavy atom. The van der Waals surface area contributed by atoms with E-state index in [1.807, 2.05) is 6.07 Å². The number of carbonyl (C=O) groups is 1. The Kier molecular flexibility index (Phi) is 6.40. The molecule has 4 nitrogen and oxygen atoms in total. The van der Waals surface area contributed by atoms with E-state index >= 15 is 0 Å². The number of rotatable bonds is 7. The molecule has 3 atom stereocenters. The number of nitrogens with one attached hydrogen (secondary N) is 3. The lowest BCUT2D eigenvalue weighted by Crippen LogP contribution is -2.46. The minimum Gasteiger partial charge on any atom is -0.352 e. The zero-order chi connectivity index (χ0) is 15.9. The van der Waals surface area contributed by atoms with Gasteiger partial charge in [0, 0.05) is 12.1 Å². The molecule has 0 aliphatic carbocycles. The number of aryl methyl sites for hydroxylation is 1. The van der Waals surface area contributed by atoms with E-state index in [0.717, 1.165) is 25.7 Å². The number of amides is 1. The summed E-state index contributed by atoms with van der Waals surface area (Å²) in [5, 5.41) is 3.12. The van der Waals surface area contributed by atoms with Crippen molar-refractivity contribution in [2.45, 2.75) is 64.6 Å². The smallest absolute Gasteiger partial charge is 0.238 e. The van der Waals surface area contributed by atoms with Gasteiger partial charge in [0.25, 0.3) is 0 Å². The summed E-state index contributed by atoms with van der Waals surface area (Å²) in [5.74, 6) is 0.755. The second-order valence-corrected chi connectivity index (χ2v) is 6.84. The molecule has 1 aliphatic heterocycles. The summed E-state index contributed by atoms with van der Waals surface area (Å²) in [5.41, 5.74) is 7.69. The lowest BCUT2D eigenvalue weighted by Gasteiger charge is -2.17. The zero-order valence-electron chi connectivity index (χ0n) is 13.9. The Balaban J connectivity index is 1.70. The van der Waals surface area contributed by atoms with E-state index in [4.69, 9.17) is 0 Å². The molecule has 2 rings (SSSR count). The van der Waals surface area contributed by atoms with Crippen LogP contribution in [0.1, 0.15) is 45.6 Å². The molecular formula is C18H29N3O. The Labute approximate surface area is 134 Å². The highest BCUT2D eigenvalue weighted by molar-refractivity contribution is 5.82. The quantitative estimate of drug-likeness (QED) is 0.725. The summed E-state index contributed by atoms with van der Waals surface area (Å²) in [6, 6.07) is 10.9. The molecule has 1 fully saturated rings. The van der Waals surface area contributed by atoms with Gasteiger partial charge in [0.15, 0.2) is 0 Å². The summed E-state index contributed by atoms with van der Waals surface area (Å²) >= 11 is 0. The van der Waals surface area contributed by atoms with Crippen molar-refractivity contribution in [2.75, 3.05) is 0 Å². The second kappa shape index (κ2) is 8.30. The average Bonchev–Trinajstić information content (AvgIpc) is 2.94. The molecule has 0 spiro atoms. The van der Waals surface area contributed by atoms with Gasteiger partial charge in [-0.15, -0.1) is 0 Å². The summed E-state index contributed by atoms with van der Waals surface area (Å²) in [4.78, 5) is 12.3. The van der Waals surface area contributed by atoms with Crippen molar-refractivity contribution < 1.29 is 4.79 Å². The van der Waals surface area contributed by atoms with Gasteiger partial charge in [-0.25, -0.2) is 5.43 Å². The van der Waals surface area contributed by atoms with Gasteiger partial charge in [-0.2, -0.15) is 0 Å². The highest BCUT2D eigenvalue weighted by Crippen LogP contribution is 2.14. The maximum atomic E-state index is 12.3. The summed E-state index contributed by atoms with van der Waals surface area (Å²) in [7, 11) is 0. The van der Waals surface area contributed by atoms with E-state index in [2.05, 4.69) is 61.2 Å². The van der Waals surface area contributed by atoms with Gasteiger partial charge in [-0.05, 0) is 44.1 Å². The van der Waals surface area contributed by atoms with Crippen LogP contribution in [0.25, 0.3) is 0 Å². The minimum absolute atomic E-state index is 0.108. The maximum absolute atomic E-state index is 12.3. The van der Waals surface area contributed by atoms with Crippen LogP contribution in [0.4, 0.5) is 0 Å². The molecule has 22 heavy (non-hydrogen) atoms. The molecule has 3 unspecified atom stereocenters. The van der Waals surface area contributed by atoms with Crippen molar-refractivity contribution in [3.8, 4) is 0 Å². The number of benzene rings is 1. The van der Waals surface area contributed by atoms with Crippen molar-refractivity contribution in [1.29, 1.82) is 0 Å². The highest BCUT2D eigenvalue weighted by Gasteiger charge is 2.29. The van der Waals surface area contributed by atoms with Crippen LogP contribution in [0.5, 0.6) is 0 Å². The molecule has 0 radical (unpaired) electrons. The summed E-state index contributed by atoms with van der Waals surface area (Å²) in [6.45, 7) is 6.50. The number of hydrazine groups is 1. The normalized spacial score (nSPS) is 22.7. The van der Waals surface area contributed by atoms with Crippen molar-refractivity contribution in [1.82, 2.24) is 16.2 Å². The Hall–Kier alpha value is -1.39. The molecule has 1 aromatic rings. The predicted molar refractivity (Wildman–Crippen MR) is 90.3 cm³/mol. The third kappa shape index (κ3) is 5.43. The summed E-state index contributed by atoms with van der Waals surface area (Å²) < 4.78 is 0. The highest BCUT2D eigenvalue weighted by atomic mass is 16.2. The fourth-order valence-corrected chi connectivity index (χ4v) is 2.96. The minimum atomic E-state index is -0.108. The standard InChI is InChI=1S/C18H29N3O/c1-13(2)11-16-12-17(21-20-16)18(22)19-14(3)9-10-15-7-5-4-6-8-15/h4-8,13-14,16-17,20-21H,9-12H2,1-3H3,(H,19,22). The summed E-state index contributed by atoms with van der Waals surface area (Å²) in [6.07, 6.45) is 3.93. The Morgan fingerprint density at radius 1 is 1.23 bits per heavy atom. The molecule has 1 amide bonds. The van der Waals surface area contributed by atoms with Gasteiger partial charge in [-0.3, -0.25) is 10.2 Å². The molecule has 1 aromatic carbocycles. The van der Waals surface area contributed by atoms with Crippen molar-refractivity contribution >= 4 is 5.91 Å². The van der Waals surface area contributed by atoms with Crippen LogP contribution in [0.2, 0.25) is 0 Å². The van der Waals surface area contributed by atoms with E-state index in [1.54, 1.807) is 0 Å². The van der Waals surface area contributed by atoms with Gasteiger partial charge in [0.2, 0.25) is 5.91 Å². The molecule has 122 valence electrons. The molecule has 0 bridgehead atoms. The van der Waals surface area contributed by atoms with Gasteiger partial charge in [0.1, 0.15) is 6.04 Å². The first-order valence-electron chi connectivity index (χ1n) is 8.40. The molecule has 3 N–H and O–H groups in total. The van der Waals surface area contributed by atoms with Gasteiger partial charge < -0.3 is 5.32 Å². The van der Waals surface area contributed by atoms with E-state index in [-0.39, 0.29) is 18.0 Å². The largest absolute Gasteiger partial charge is 0.352 e. The van der Waals surface area contributed by atoms with Crippen molar-refractivity contribution in [3.63, 3.8) is 0 Å². The number of carbonyl (C=O) groups excluding carboxylic acids is 1. The van der Waals surface area contributed by atoms with Crippen LogP contribution in [-0.4, -0.2) is 24.0 Å². The maximum Gasteiger partial charge on any atom is 0.238 e. The predicted octanol–water partition coefficient (Wildman–Crippen LogP) is 2.41. The van der Waals surface area contributed by atoms with E-state index in [0.29, 0.717) is 12.0 Å². The lowest BCUT2D eigenvalue weighted by atomic mass is 9.99. The molecule has 1 saturated heterocycles. The SMILES string of the molecule is CC(C)CC1CC(C(=O)NC(C)CCc2ccccc2)NN1. The first-order chi connectivity index (χ1) is 10.5. The third-order valence-electron chi connectivity index (χ3n) is 4.15. The second-order valence-electron chi connectivity index (χ2n) is 6.84. The van der Waals surface area contributed by atoms with Crippen molar-refractivity contribution in [3.05, 3.63) is 35.9 Å². The van der Waals surface area contributed by atoms with Crippen LogP contribution < -0.4 is 16.2 Å². The third-order valence-corrected chi connectivity index (χ3v) is 4.15. The Morgan fingerprint density at radius 3 is 2.64 bits per heavy atom.